The van der Waals surface area contributed by atoms with Gasteiger partial charge in [-0.25, -0.2) is 4.39 Å². The van der Waals surface area contributed by atoms with Crippen LogP contribution in [0.15, 0.2) is 34.1 Å². The molecule has 0 N–H and O–H groups in total. The van der Waals surface area contributed by atoms with E-state index in [2.05, 4.69) is 31.9 Å². The van der Waals surface area contributed by atoms with Gasteiger partial charge in [-0.05, 0) is 45.1 Å². The van der Waals surface area contributed by atoms with Gasteiger partial charge < -0.3 is 0 Å². The van der Waals surface area contributed by atoms with Gasteiger partial charge in [-0.15, -0.1) is 11.3 Å². The fourth-order valence-corrected chi connectivity index (χ4v) is 4.32. The van der Waals surface area contributed by atoms with Crippen molar-refractivity contribution in [2.24, 2.45) is 0 Å². The van der Waals surface area contributed by atoms with Crippen LogP contribution in [-0.4, -0.2) is 0 Å². The minimum atomic E-state index is -4.69. The zero-order valence-electron chi connectivity index (χ0n) is 9.14. The first kappa shape index (κ1) is 15.0. The van der Waals surface area contributed by atoms with E-state index in [1.807, 2.05) is 11.4 Å². The van der Waals surface area contributed by atoms with E-state index >= 15 is 0 Å². The second-order valence-electron chi connectivity index (χ2n) is 3.73. The molecule has 2 rings (SSSR count). The topological polar surface area (TPSA) is 0 Å². The van der Waals surface area contributed by atoms with Gasteiger partial charge in [0.15, 0.2) is 0 Å². The molecule has 1 aromatic heterocycles. The van der Waals surface area contributed by atoms with Gasteiger partial charge in [0.25, 0.3) is 0 Å². The highest BCUT2D eigenvalue weighted by Crippen LogP contribution is 2.41. The summed E-state index contributed by atoms with van der Waals surface area (Å²) >= 11 is 8.06. The summed E-state index contributed by atoms with van der Waals surface area (Å²) in [4.78, 5) is 0.420. The Kier molecular flexibility index (Phi) is 4.37. The number of benzene rings is 1. The summed E-state index contributed by atoms with van der Waals surface area (Å²) in [5.74, 6) is -1.26. The molecule has 0 saturated heterocycles. The van der Waals surface area contributed by atoms with E-state index in [4.69, 9.17) is 0 Å². The van der Waals surface area contributed by atoms with E-state index in [9.17, 15) is 17.6 Å². The quantitative estimate of drug-likeness (QED) is 0.406. The summed E-state index contributed by atoms with van der Waals surface area (Å²) in [6.45, 7) is 0. The summed E-state index contributed by atoms with van der Waals surface area (Å²) in [5.41, 5.74) is -0.890. The largest absolute Gasteiger partial charge is 0.419 e. The van der Waals surface area contributed by atoms with Crippen LogP contribution in [0.5, 0.6) is 0 Å². The first-order chi connectivity index (χ1) is 8.80. The molecule has 0 bridgehead atoms. The van der Waals surface area contributed by atoms with Crippen molar-refractivity contribution >= 4 is 43.2 Å². The highest BCUT2D eigenvalue weighted by atomic mass is 79.9. The number of halogens is 6. The third-order valence-corrected chi connectivity index (χ3v) is 5.69. The summed E-state index contributed by atoms with van der Waals surface area (Å²) in [7, 11) is 0. The van der Waals surface area contributed by atoms with Crippen LogP contribution in [0.2, 0.25) is 0 Å². The average Bonchev–Trinajstić information content (AvgIpc) is 2.73. The molecular weight excluding hydrogens is 412 g/mol. The van der Waals surface area contributed by atoms with Crippen LogP contribution in [0.4, 0.5) is 17.6 Å². The van der Waals surface area contributed by atoms with Crippen molar-refractivity contribution in [2.75, 3.05) is 0 Å². The molecule has 102 valence electrons. The average molecular weight is 418 g/mol. The van der Waals surface area contributed by atoms with E-state index in [0.717, 1.165) is 21.5 Å². The summed E-state index contributed by atoms with van der Waals surface area (Å²) < 4.78 is 52.0. The Morgan fingerprint density at radius 3 is 2.37 bits per heavy atom. The van der Waals surface area contributed by atoms with E-state index in [0.29, 0.717) is 5.56 Å². The second kappa shape index (κ2) is 5.54. The maximum Gasteiger partial charge on any atom is 0.419 e. The smallest absolute Gasteiger partial charge is 0.206 e. The maximum atomic E-state index is 13.2. The lowest BCUT2D eigenvalue weighted by atomic mass is 10.1. The Balaban J connectivity index is 2.44. The first-order valence-electron chi connectivity index (χ1n) is 5.04. The minimum Gasteiger partial charge on any atom is -0.206 e. The van der Waals surface area contributed by atoms with Gasteiger partial charge >= 0.3 is 6.18 Å². The molecule has 0 aliphatic heterocycles. The van der Waals surface area contributed by atoms with Crippen LogP contribution >= 0.6 is 43.2 Å². The molecule has 0 spiro atoms. The molecule has 0 aliphatic carbocycles. The van der Waals surface area contributed by atoms with E-state index in [-0.39, 0.29) is 0 Å². The van der Waals surface area contributed by atoms with Gasteiger partial charge in [0.2, 0.25) is 0 Å². The van der Waals surface area contributed by atoms with Crippen molar-refractivity contribution in [1.29, 1.82) is 0 Å². The minimum absolute atomic E-state index is 0.358. The fourth-order valence-electron chi connectivity index (χ4n) is 1.56. The third-order valence-electron chi connectivity index (χ3n) is 2.46. The van der Waals surface area contributed by atoms with Gasteiger partial charge in [0.1, 0.15) is 5.82 Å². The number of rotatable bonds is 2. The van der Waals surface area contributed by atoms with E-state index in [1.54, 1.807) is 0 Å². The van der Waals surface area contributed by atoms with Crippen molar-refractivity contribution in [2.45, 2.75) is 11.0 Å². The van der Waals surface area contributed by atoms with Crippen molar-refractivity contribution in [3.63, 3.8) is 0 Å². The fraction of sp³-hybridized carbons (Fsp3) is 0.167. The molecule has 1 aromatic carbocycles. The van der Waals surface area contributed by atoms with Gasteiger partial charge in [-0.2, -0.15) is 13.2 Å². The molecule has 1 atom stereocenters. The zero-order chi connectivity index (χ0) is 14.2. The second-order valence-corrected chi connectivity index (χ2v) is 6.45. The molecule has 0 saturated carbocycles. The predicted molar refractivity (Wildman–Crippen MR) is 74.2 cm³/mol. The third kappa shape index (κ3) is 3.20. The van der Waals surface area contributed by atoms with Gasteiger partial charge in [0, 0.05) is 9.35 Å². The molecule has 0 fully saturated rings. The monoisotopic (exact) mass is 416 g/mol. The normalized spacial score (nSPS) is 13.6. The van der Waals surface area contributed by atoms with Crippen molar-refractivity contribution in [3.05, 3.63) is 55.9 Å². The molecular formula is C12H6Br2F4S. The Labute approximate surface area is 127 Å². The summed E-state index contributed by atoms with van der Waals surface area (Å²) in [6.07, 6.45) is -4.69. The molecule has 0 nitrogen and oxygen atoms in total. The highest BCUT2D eigenvalue weighted by molar-refractivity contribution is 9.11. The molecule has 0 aliphatic rings. The van der Waals surface area contributed by atoms with Gasteiger partial charge in [-0.1, -0.05) is 22.0 Å². The van der Waals surface area contributed by atoms with E-state index < -0.39 is 22.4 Å². The Morgan fingerprint density at radius 2 is 1.84 bits per heavy atom. The lowest BCUT2D eigenvalue weighted by Gasteiger charge is -2.13. The number of hydrogen-bond acceptors (Lipinski definition) is 1. The molecule has 7 heteroatoms. The van der Waals surface area contributed by atoms with Crippen molar-refractivity contribution in [3.8, 4) is 0 Å². The molecule has 0 radical (unpaired) electrons. The van der Waals surface area contributed by atoms with Crippen LogP contribution in [0.25, 0.3) is 0 Å². The van der Waals surface area contributed by atoms with E-state index in [1.165, 1.54) is 17.4 Å². The number of alkyl halides is 4. The molecule has 0 amide bonds. The lowest BCUT2D eigenvalue weighted by Crippen LogP contribution is -2.09. The van der Waals surface area contributed by atoms with Crippen LogP contribution in [0, 0.1) is 5.82 Å². The SMILES string of the molecule is Fc1ccc(C(Br)c2sccc2Br)cc1C(F)(F)F. The number of thiophene rings is 1. The van der Waals surface area contributed by atoms with Crippen LogP contribution in [-0.2, 0) is 6.18 Å². The summed E-state index contributed by atoms with van der Waals surface area (Å²) in [5, 5.41) is 1.82. The predicted octanol–water partition coefficient (Wildman–Crippen LogP) is 6.15. The first-order valence-corrected chi connectivity index (χ1v) is 7.63. The van der Waals surface area contributed by atoms with Crippen LogP contribution < -0.4 is 0 Å². The van der Waals surface area contributed by atoms with Gasteiger partial charge in [-0.3, -0.25) is 0 Å². The lowest BCUT2D eigenvalue weighted by molar-refractivity contribution is -0.140. The summed E-state index contributed by atoms with van der Waals surface area (Å²) in [6, 6.07) is 4.83. The zero-order valence-corrected chi connectivity index (χ0v) is 13.1. The van der Waals surface area contributed by atoms with Gasteiger partial charge in [0.05, 0.1) is 10.4 Å². The molecule has 1 heterocycles. The van der Waals surface area contributed by atoms with Crippen molar-refractivity contribution in [1.82, 2.24) is 0 Å². The molecule has 2 aromatic rings. The Bertz CT molecular complexity index is 592. The highest BCUT2D eigenvalue weighted by Gasteiger charge is 2.34. The standard InChI is InChI=1S/C12H6Br2F4S/c13-8-3-4-19-11(8)10(14)6-1-2-9(15)7(5-6)12(16,17)18/h1-5,10H. The molecule has 1 unspecified atom stereocenters. The number of hydrogen-bond donors (Lipinski definition) is 0. The maximum absolute atomic E-state index is 13.2. The van der Waals surface area contributed by atoms with Crippen molar-refractivity contribution < 1.29 is 17.6 Å². The van der Waals surface area contributed by atoms with Crippen LogP contribution in [0.3, 0.4) is 0 Å². The Hall–Kier alpha value is -0.400. The molecule has 19 heavy (non-hydrogen) atoms. The van der Waals surface area contributed by atoms with Crippen LogP contribution in [0.1, 0.15) is 20.8 Å². The Morgan fingerprint density at radius 1 is 1.16 bits per heavy atom.